The molecule has 0 bridgehead atoms. The molecule has 118 valence electrons. The highest BCUT2D eigenvalue weighted by molar-refractivity contribution is 5.79. The van der Waals surface area contributed by atoms with Gasteiger partial charge < -0.3 is 15.4 Å². The van der Waals surface area contributed by atoms with Gasteiger partial charge in [0.2, 0.25) is 5.91 Å². The molecule has 1 saturated heterocycles. The van der Waals surface area contributed by atoms with E-state index in [9.17, 15) is 19.7 Å². The Kier molecular flexibility index (Phi) is 4.92. The second-order valence-corrected chi connectivity index (χ2v) is 5.10. The topological polar surface area (TPSA) is 116 Å². The van der Waals surface area contributed by atoms with Crippen molar-refractivity contribution < 1.29 is 19.2 Å². The number of carbonyl (C=O) groups excluding carboxylic acids is 2. The van der Waals surface area contributed by atoms with Crippen molar-refractivity contribution in [3.8, 4) is 5.75 Å². The fourth-order valence-corrected chi connectivity index (χ4v) is 2.31. The molecule has 8 nitrogen and oxygen atoms in total. The van der Waals surface area contributed by atoms with Crippen LogP contribution in [0.1, 0.15) is 12.8 Å². The summed E-state index contributed by atoms with van der Waals surface area (Å²) >= 11 is 0. The van der Waals surface area contributed by atoms with Crippen LogP contribution in [0.4, 0.5) is 5.69 Å². The number of piperidine rings is 1. The number of nitrogens with two attached hydrogens (primary N) is 1. The predicted molar refractivity (Wildman–Crippen MR) is 77.1 cm³/mol. The van der Waals surface area contributed by atoms with Crippen LogP contribution in [0, 0.1) is 16.0 Å². The molecule has 1 aliphatic rings. The zero-order valence-electron chi connectivity index (χ0n) is 11.9. The summed E-state index contributed by atoms with van der Waals surface area (Å²) in [6, 6.07) is 5.53. The highest BCUT2D eigenvalue weighted by atomic mass is 16.6. The number of nitro groups is 1. The molecule has 2 amide bonds. The summed E-state index contributed by atoms with van der Waals surface area (Å²) in [6.07, 6.45) is 1.14. The predicted octanol–water partition coefficient (Wildman–Crippen LogP) is 0.698. The molecule has 0 atom stereocenters. The standard InChI is InChI=1S/C14H17N3O5/c15-14(19)10-5-7-16(8-6-10)13(18)9-22-12-3-1-11(2-4-12)17(20)21/h1-4,10H,5-9H2,(H2,15,19). The molecule has 0 aliphatic carbocycles. The average molecular weight is 307 g/mol. The molecule has 0 unspecified atom stereocenters. The molecule has 0 aromatic heterocycles. The van der Waals surface area contributed by atoms with E-state index in [2.05, 4.69) is 0 Å². The van der Waals surface area contributed by atoms with Crippen LogP contribution >= 0.6 is 0 Å². The Balaban J connectivity index is 1.80. The lowest BCUT2D eigenvalue weighted by Gasteiger charge is -2.30. The Hall–Kier alpha value is -2.64. The lowest BCUT2D eigenvalue weighted by atomic mass is 9.96. The Labute approximate surface area is 127 Å². The van der Waals surface area contributed by atoms with Crippen LogP contribution in [0.2, 0.25) is 0 Å². The van der Waals surface area contributed by atoms with Crippen molar-refractivity contribution in [1.82, 2.24) is 4.90 Å². The molecule has 2 N–H and O–H groups in total. The zero-order valence-corrected chi connectivity index (χ0v) is 11.9. The van der Waals surface area contributed by atoms with E-state index in [1.54, 1.807) is 4.90 Å². The van der Waals surface area contributed by atoms with E-state index in [-0.39, 0.29) is 30.0 Å². The molecule has 1 fully saturated rings. The van der Waals surface area contributed by atoms with Gasteiger partial charge >= 0.3 is 0 Å². The number of hydrogen-bond donors (Lipinski definition) is 1. The first kappa shape index (κ1) is 15.7. The van der Waals surface area contributed by atoms with Gasteiger partial charge in [0.1, 0.15) is 5.75 Å². The molecule has 0 radical (unpaired) electrons. The first-order valence-electron chi connectivity index (χ1n) is 6.91. The van der Waals surface area contributed by atoms with Crippen LogP contribution in [0.3, 0.4) is 0 Å². The van der Waals surface area contributed by atoms with E-state index in [0.29, 0.717) is 31.7 Å². The maximum Gasteiger partial charge on any atom is 0.269 e. The van der Waals surface area contributed by atoms with Gasteiger partial charge in [-0.05, 0) is 25.0 Å². The Morgan fingerprint density at radius 2 is 1.86 bits per heavy atom. The van der Waals surface area contributed by atoms with E-state index in [1.165, 1.54) is 24.3 Å². The number of nitro benzene ring substituents is 1. The van der Waals surface area contributed by atoms with E-state index in [1.807, 2.05) is 0 Å². The maximum absolute atomic E-state index is 12.0. The molecule has 1 aromatic rings. The van der Waals surface area contributed by atoms with Gasteiger partial charge in [-0.1, -0.05) is 0 Å². The number of ether oxygens (including phenoxy) is 1. The van der Waals surface area contributed by atoms with E-state index < -0.39 is 4.92 Å². The summed E-state index contributed by atoms with van der Waals surface area (Å²) in [5.74, 6) is -0.277. The first-order chi connectivity index (χ1) is 10.5. The number of nitrogens with zero attached hydrogens (tertiary/aromatic N) is 2. The molecular formula is C14H17N3O5. The Bertz CT molecular complexity index is 564. The largest absolute Gasteiger partial charge is 0.484 e. The number of amides is 2. The van der Waals surface area contributed by atoms with Gasteiger partial charge in [0, 0.05) is 31.1 Å². The third-order valence-corrected chi connectivity index (χ3v) is 3.66. The number of rotatable bonds is 5. The van der Waals surface area contributed by atoms with E-state index >= 15 is 0 Å². The molecule has 1 heterocycles. The molecular weight excluding hydrogens is 290 g/mol. The maximum atomic E-state index is 12.0. The lowest BCUT2D eigenvalue weighted by Crippen LogP contribution is -2.43. The minimum absolute atomic E-state index is 0.0350. The molecule has 0 saturated carbocycles. The van der Waals surface area contributed by atoms with E-state index in [0.717, 1.165) is 0 Å². The van der Waals surface area contributed by atoms with Gasteiger partial charge in [0.05, 0.1) is 4.92 Å². The van der Waals surface area contributed by atoms with Gasteiger partial charge in [-0.25, -0.2) is 0 Å². The van der Waals surface area contributed by atoms with Crippen LogP contribution in [-0.2, 0) is 9.59 Å². The van der Waals surface area contributed by atoms with Gasteiger partial charge in [0.15, 0.2) is 6.61 Å². The summed E-state index contributed by atoms with van der Waals surface area (Å²) in [4.78, 5) is 34.7. The highest BCUT2D eigenvalue weighted by Gasteiger charge is 2.25. The van der Waals surface area contributed by atoms with Crippen molar-refractivity contribution in [2.75, 3.05) is 19.7 Å². The molecule has 8 heteroatoms. The highest BCUT2D eigenvalue weighted by Crippen LogP contribution is 2.19. The van der Waals surface area contributed by atoms with E-state index in [4.69, 9.17) is 10.5 Å². The summed E-state index contributed by atoms with van der Waals surface area (Å²) in [6.45, 7) is 0.825. The van der Waals surface area contributed by atoms with Gasteiger partial charge in [-0.3, -0.25) is 19.7 Å². The fraction of sp³-hybridized carbons (Fsp3) is 0.429. The van der Waals surface area contributed by atoms with Crippen LogP contribution in [0.15, 0.2) is 24.3 Å². The molecule has 0 spiro atoms. The van der Waals surface area contributed by atoms with Crippen molar-refractivity contribution in [2.45, 2.75) is 12.8 Å². The molecule has 22 heavy (non-hydrogen) atoms. The van der Waals surface area contributed by atoms with Crippen molar-refractivity contribution in [1.29, 1.82) is 0 Å². The van der Waals surface area contributed by atoms with Crippen LogP contribution in [0.25, 0.3) is 0 Å². The Morgan fingerprint density at radius 3 is 2.36 bits per heavy atom. The van der Waals surface area contributed by atoms with Crippen LogP contribution < -0.4 is 10.5 Å². The number of carbonyl (C=O) groups is 2. The lowest BCUT2D eigenvalue weighted by molar-refractivity contribution is -0.384. The van der Waals surface area contributed by atoms with Gasteiger partial charge in [-0.2, -0.15) is 0 Å². The normalized spacial score (nSPS) is 15.4. The molecule has 2 rings (SSSR count). The number of primary amides is 1. The van der Waals surface area contributed by atoms with Crippen molar-refractivity contribution in [3.05, 3.63) is 34.4 Å². The van der Waals surface area contributed by atoms with Crippen LogP contribution in [0.5, 0.6) is 5.75 Å². The Morgan fingerprint density at radius 1 is 1.27 bits per heavy atom. The second-order valence-electron chi connectivity index (χ2n) is 5.10. The summed E-state index contributed by atoms with van der Waals surface area (Å²) in [5, 5.41) is 10.5. The second kappa shape index (κ2) is 6.88. The van der Waals surface area contributed by atoms with Gasteiger partial charge in [0.25, 0.3) is 11.6 Å². The SMILES string of the molecule is NC(=O)C1CCN(C(=O)COc2ccc([N+](=O)[O-])cc2)CC1. The fourth-order valence-electron chi connectivity index (χ4n) is 2.31. The summed E-state index contributed by atoms with van der Waals surface area (Å²) in [7, 11) is 0. The average Bonchev–Trinajstić information content (AvgIpc) is 2.53. The summed E-state index contributed by atoms with van der Waals surface area (Å²) < 4.78 is 5.32. The minimum Gasteiger partial charge on any atom is -0.484 e. The zero-order chi connectivity index (χ0) is 16.1. The van der Waals surface area contributed by atoms with Crippen molar-refractivity contribution in [3.63, 3.8) is 0 Å². The number of likely N-dealkylation sites (tertiary alicyclic amines) is 1. The number of benzene rings is 1. The number of hydrogen-bond acceptors (Lipinski definition) is 5. The van der Waals surface area contributed by atoms with Crippen molar-refractivity contribution in [2.24, 2.45) is 11.7 Å². The third kappa shape index (κ3) is 3.94. The van der Waals surface area contributed by atoms with Crippen molar-refractivity contribution >= 4 is 17.5 Å². The van der Waals surface area contributed by atoms with Gasteiger partial charge in [-0.15, -0.1) is 0 Å². The smallest absolute Gasteiger partial charge is 0.269 e. The summed E-state index contributed by atoms with van der Waals surface area (Å²) in [5.41, 5.74) is 5.21. The van der Waals surface area contributed by atoms with Crippen LogP contribution in [-0.4, -0.2) is 41.3 Å². The first-order valence-corrected chi connectivity index (χ1v) is 6.91. The quantitative estimate of drug-likeness (QED) is 0.635. The third-order valence-electron chi connectivity index (χ3n) is 3.66. The number of non-ortho nitro benzene ring substituents is 1. The minimum atomic E-state index is -0.502. The molecule has 1 aromatic carbocycles. The molecule has 1 aliphatic heterocycles. The monoisotopic (exact) mass is 307 g/mol.